The van der Waals surface area contributed by atoms with Gasteiger partial charge in [-0.25, -0.2) is 25.3 Å². The summed E-state index contributed by atoms with van der Waals surface area (Å²) in [5.41, 5.74) is 0. The third-order valence-corrected chi connectivity index (χ3v) is 11.3. The first-order valence-electron chi connectivity index (χ1n) is 15.6. The Balaban J connectivity index is 4.46. The Kier molecular flexibility index (Phi) is 17.9. The molecule has 280 valence electrons. The van der Waals surface area contributed by atoms with Crippen molar-refractivity contribution in [3.63, 3.8) is 0 Å². The Hall–Kier alpha value is -1.49. The molecule has 0 aromatic carbocycles. The number of carbonyl (C=O) groups excluding carboxylic acids is 2. The van der Waals surface area contributed by atoms with E-state index in [9.17, 15) is 48.5 Å². The summed E-state index contributed by atoms with van der Waals surface area (Å²) in [7, 11) is -1.50. The summed E-state index contributed by atoms with van der Waals surface area (Å²) in [5, 5.41) is 2.83. The predicted molar refractivity (Wildman–Crippen MR) is 174 cm³/mol. The molecule has 0 saturated carbocycles. The average molecular weight is 740 g/mol. The number of quaternary nitrogens is 4. The van der Waals surface area contributed by atoms with Crippen molar-refractivity contribution < 1.29 is 66.4 Å². The number of nitrogens with zero attached hydrogens (tertiary/aromatic N) is 5. The van der Waals surface area contributed by atoms with Crippen molar-refractivity contribution in [2.45, 2.75) is 39.0 Å². The third kappa shape index (κ3) is 23.5. The van der Waals surface area contributed by atoms with Gasteiger partial charge in [0.25, 0.3) is 0 Å². The van der Waals surface area contributed by atoms with Gasteiger partial charge >= 0.3 is 0 Å². The number of amides is 2. The van der Waals surface area contributed by atoms with Crippen LogP contribution in [0.25, 0.3) is 0 Å². The van der Waals surface area contributed by atoms with Crippen LogP contribution in [0.1, 0.15) is 39.0 Å². The number of hydrogen-bond acceptors (Lipinski definition) is 11. The number of nitrogens with one attached hydrogen (secondary N) is 1. The van der Waals surface area contributed by atoms with Gasteiger partial charge < -0.3 is 37.3 Å². The molecule has 0 heterocycles. The summed E-state index contributed by atoms with van der Waals surface area (Å²) in [6.07, 6.45) is 2.22. The van der Waals surface area contributed by atoms with Crippen molar-refractivity contribution in [2.24, 2.45) is 0 Å². The Morgan fingerprint density at radius 3 is 1.51 bits per heavy atom. The summed E-state index contributed by atoms with van der Waals surface area (Å²) in [6, 6.07) is 0. The lowest BCUT2D eigenvalue weighted by atomic mass is 10.1. The molecule has 2 amide bonds. The van der Waals surface area contributed by atoms with Crippen molar-refractivity contribution in [1.82, 2.24) is 10.2 Å². The van der Waals surface area contributed by atoms with Crippen LogP contribution in [0.3, 0.4) is 0 Å². The zero-order valence-electron chi connectivity index (χ0n) is 29.5. The van der Waals surface area contributed by atoms with Gasteiger partial charge in [0.1, 0.15) is 56.5 Å². The van der Waals surface area contributed by atoms with Gasteiger partial charge in [-0.05, 0) is 19.8 Å². The van der Waals surface area contributed by atoms with Gasteiger partial charge in [-0.15, -0.1) is 0 Å². The zero-order chi connectivity index (χ0) is 37.0. The smallest absolute Gasteiger partial charge is 0.222 e. The van der Waals surface area contributed by atoms with Crippen LogP contribution in [0, 0.1) is 0 Å². The van der Waals surface area contributed by atoms with E-state index in [4.69, 9.17) is 0 Å². The van der Waals surface area contributed by atoms with Crippen LogP contribution in [0.2, 0.25) is 0 Å². The van der Waals surface area contributed by atoms with E-state index in [2.05, 4.69) is 5.32 Å². The third-order valence-electron chi connectivity index (χ3n) is 8.44. The number of unbranched alkanes of at least 4 members (excludes halogenated alkanes) is 1. The van der Waals surface area contributed by atoms with Gasteiger partial charge in [0.2, 0.25) is 11.8 Å². The van der Waals surface area contributed by atoms with Crippen LogP contribution in [0.5, 0.6) is 0 Å². The lowest BCUT2D eigenvalue weighted by molar-refractivity contribution is -0.948. The highest BCUT2D eigenvalue weighted by atomic mass is 32.2. The van der Waals surface area contributed by atoms with Crippen molar-refractivity contribution in [2.75, 3.05) is 126 Å². The Labute approximate surface area is 283 Å². The number of carbonyl (C=O) groups is 2. The van der Waals surface area contributed by atoms with Crippen molar-refractivity contribution >= 4 is 42.2 Å². The van der Waals surface area contributed by atoms with Crippen molar-refractivity contribution in [1.29, 1.82) is 0 Å². The van der Waals surface area contributed by atoms with Gasteiger partial charge in [-0.1, -0.05) is 0 Å². The topological polar surface area (TPSA) is 221 Å². The fourth-order valence-corrected chi connectivity index (χ4v) is 8.15. The van der Waals surface area contributed by atoms with Crippen LogP contribution in [0.4, 0.5) is 0 Å². The lowest BCUT2D eigenvalue weighted by Crippen LogP contribution is -2.56. The molecule has 0 rings (SSSR count). The minimum absolute atomic E-state index is 0.0251. The fraction of sp³-hybridized carbons (Fsp3) is 0.926. The molecular weight excluding hydrogens is 681 g/mol. The molecule has 0 spiro atoms. The van der Waals surface area contributed by atoms with Gasteiger partial charge in [0, 0.05) is 32.9 Å². The summed E-state index contributed by atoms with van der Waals surface area (Å²) >= 11 is 0. The Morgan fingerprint density at radius 2 is 1.04 bits per heavy atom. The molecule has 1 unspecified atom stereocenters. The van der Waals surface area contributed by atoms with E-state index in [1.54, 1.807) is 19.0 Å². The molecule has 0 aromatic rings. The summed E-state index contributed by atoms with van der Waals surface area (Å²) in [4.78, 5) is 26.5. The highest BCUT2D eigenvalue weighted by Gasteiger charge is 2.31. The summed E-state index contributed by atoms with van der Waals surface area (Å²) in [6.45, 7) is 5.87. The quantitative estimate of drug-likeness (QED) is 0.0618. The standard InChI is InChI=1S/C27H58N6O11S3/c1-9-32(7,23-45(36,37)38)21-19-31(5,6)18-16-29(2)27(35)14-11-10-13-26(34)28-15-12-17-30(3,4)20-22-33(8,24-46(39,40)41)25-47(42,43)44/h9-25H2,1-8H3/p+1. The molecule has 0 aliphatic carbocycles. The number of rotatable bonds is 25. The molecule has 0 aliphatic heterocycles. The van der Waals surface area contributed by atoms with E-state index in [1.165, 1.54) is 7.05 Å². The molecule has 47 heavy (non-hydrogen) atoms. The molecular formula is C27H59N6O11S3+. The highest BCUT2D eigenvalue weighted by molar-refractivity contribution is 7.86. The minimum Gasteiger partial charge on any atom is -0.744 e. The largest absolute Gasteiger partial charge is 0.744 e. The predicted octanol–water partition coefficient (Wildman–Crippen LogP) is -1.91. The van der Waals surface area contributed by atoms with Gasteiger partial charge in [-0.3, -0.25) is 14.1 Å². The van der Waals surface area contributed by atoms with E-state index in [0.717, 1.165) is 0 Å². The van der Waals surface area contributed by atoms with Crippen LogP contribution in [0.15, 0.2) is 0 Å². The van der Waals surface area contributed by atoms with E-state index >= 15 is 0 Å². The molecule has 0 aliphatic rings. The second kappa shape index (κ2) is 18.5. The average Bonchev–Trinajstić information content (AvgIpc) is 2.87. The lowest BCUT2D eigenvalue weighted by Gasteiger charge is -2.38. The van der Waals surface area contributed by atoms with Gasteiger partial charge in [-0.2, -0.15) is 0 Å². The maximum atomic E-state index is 12.6. The van der Waals surface area contributed by atoms with Crippen LogP contribution in [-0.2, 0) is 39.9 Å². The van der Waals surface area contributed by atoms with Crippen molar-refractivity contribution in [3.05, 3.63) is 0 Å². The van der Waals surface area contributed by atoms with Crippen LogP contribution >= 0.6 is 0 Å². The first-order valence-corrected chi connectivity index (χ1v) is 20.4. The molecule has 1 N–H and O–H groups in total. The monoisotopic (exact) mass is 739 g/mol. The van der Waals surface area contributed by atoms with Gasteiger partial charge in [0.05, 0.1) is 68.5 Å². The molecule has 0 saturated heterocycles. The summed E-state index contributed by atoms with van der Waals surface area (Å²) < 4.78 is 102. The normalized spacial score (nSPS) is 14.9. The SMILES string of the molecule is CC[N+](C)(CC[N+](C)(C)CCN(C)C(=O)CCCCC(=O)NCCC[N+](C)(C)CC[N+](C)(CS(=O)(=O)[O-])CS(=O)(=O)[O-])CS(=O)(=O)[O-]. The maximum Gasteiger partial charge on any atom is 0.222 e. The van der Waals surface area contributed by atoms with Crippen LogP contribution < -0.4 is 5.32 Å². The fourth-order valence-electron chi connectivity index (χ4n) is 4.99. The molecule has 0 fully saturated rings. The highest BCUT2D eigenvalue weighted by Crippen LogP contribution is 2.12. The molecule has 0 aromatic heterocycles. The minimum atomic E-state index is -4.77. The molecule has 1 atom stereocenters. The zero-order valence-corrected chi connectivity index (χ0v) is 31.9. The Bertz CT molecular complexity index is 1310. The molecule has 0 radical (unpaired) electrons. The van der Waals surface area contributed by atoms with Crippen molar-refractivity contribution in [3.8, 4) is 0 Å². The van der Waals surface area contributed by atoms with E-state index in [-0.39, 0.29) is 29.3 Å². The van der Waals surface area contributed by atoms with E-state index < -0.39 is 52.5 Å². The second-order valence-corrected chi connectivity index (χ2v) is 18.7. The first kappa shape index (κ1) is 45.5. The first-order chi connectivity index (χ1) is 21.0. The number of likely N-dealkylation sites (N-methyl/N-ethyl adjacent to an activating group) is 5. The molecule has 17 nitrogen and oxygen atoms in total. The second-order valence-electron chi connectivity index (χ2n) is 14.6. The molecule has 20 heteroatoms. The van der Waals surface area contributed by atoms with Crippen LogP contribution in [-0.4, -0.2) is 199 Å². The maximum absolute atomic E-state index is 12.6. The molecule has 0 bridgehead atoms. The summed E-state index contributed by atoms with van der Waals surface area (Å²) in [5.74, 6) is -2.66. The van der Waals surface area contributed by atoms with E-state index in [1.807, 2.05) is 35.1 Å². The van der Waals surface area contributed by atoms with E-state index in [0.29, 0.717) is 87.0 Å². The Morgan fingerprint density at radius 1 is 0.617 bits per heavy atom. The number of hydrogen-bond donors (Lipinski definition) is 1. The van der Waals surface area contributed by atoms with Gasteiger partial charge in [0.15, 0.2) is 17.6 Å².